The average molecular weight is 279 g/mol. The summed E-state index contributed by atoms with van der Waals surface area (Å²) in [7, 11) is 0. The second-order valence-electron chi connectivity index (χ2n) is 5.44. The highest BCUT2D eigenvalue weighted by atomic mass is 32.1. The van der Waals surface area contributed by atoms with Crippen molar-refractivity contribution in [1.82, 2.24) is 4.90 Å². The van der Waals surface area contributed by atoms with Crippen LogP contribution in [0.4, 0.5) is 0 Å². The van der Waals surface area contributed by atoms with Crippen LogP contribution in [-0.4, -0.2) is 28.6 Å². The zero-order chi connectivity index (χ0) is 13.8. The number of aliphatic carboxylic acids is 1. The third-order valence-corrected chi connectivity index (χ3v) is 4.57. The van der Waals surface area contributed by atoms with Gasteiger partial charge >= 0.3 is 5.97 Å². The van der Waals surface area contributed by atoms with Crippen LogP contribution >= 0.6 is 11.3 Å². The van der Waals surface area contributed by atoms with Crippen LogP contribution in [0.3, 0.4) is 0 Å². The van der Waals surface area contributed by atoms with Gasteiger partial charge in [0.25, 0.3) is 0 Å². The minimum Gasteiger partial charge on any atom is -0.478 e. The Kier molecular flexibility index (Phi) is 4.77. The Morgan fingerprint density at radius 2 is 2.42 bits per heavy atom. The maximum Gasteiger partial charge on any atom is 0.328 e. The van der Waals surface area contributed by atoms with E-state index < -0.39 is 5.97 Å². The summed E-state index contributed by atoms with van der Waals surface area (Å²) in [4.78, 5) is 14.4. The molecule has 0 bridgehead atoms. The van der Waals surface area contributed by atoms with E-state index in [2.05, 4.69) is 24.8 Å². The number of likely N-dealkylation sites (tertiary alicyclic amines) is 1. The summed E-state index contributed by atoms with van der Waals surface area (Å²) in [5.74, 6) is -0.194. The van der Waals surface area contributed by atoms with Gasteiger partial charge in [0.05, 0.1) is 0 Å². The Morgan fingerprint density at radius 1 is 1.63 bits per heavy atom. The minimum atomic E-state index is -0.896. The normalized spacial score (nSPS) is 20.7. The van der Waals surface area contributed by atoms with Crippen LogP contribution in [0.25, 0.3) is 6.08 Å². The van der Waals surface area contributed by atoms with E-state index in [9.17, 15) is 4.79 Å². The molecule has 1 atom stereocenters. The van der Waals surface area contributed by atoms with Crippen LogP contribution < -0.4 is 0 Å². The lowest BCUT2D eigenvalue weighted by Crippen LogP contribution is -2.32. The summed E-state index contributed by atoms with van der Waals surface area (Å²) >= 11 is 1.72. The highest BCUT2D eigenvalue weighted by Gasteiger charge is 2.26. The molecule has 0 amide bonds. The molecule has 2 rings (SSSR count). The number of nitrogens with zero attached hydrogens (tertiary/aromatic N) is 1. The van der Waals surface area contributed by atoms with E-state index in [4.69, 9.17) is 5.11 Å². The van der Waals surface area contributed by atoms with E-state index >= 15 is 0 Å². The zero-order valence-corrected chi connectivity index (χ0v) is 12.3. The molecular weight excluding hydrogens is 258 g/mol. The lowest BCUT2D eigenvalue weighted by atomic mass is 10.0. The first-order valence-electron chi connectivity index (χ1n) is 6.78. The van der Waals surface area contributed by atoms with Gasteiger partial charge in [0, 0.05) is 23.5 Å². The minimum absolute atomic E-state index is 0.695. The summed E-state index contributed by atoms with van der Waals surface area (Å²) in [5, 5.41) is 10.6. The molecule has 0 radical (unpaired) electrons. The molecule has 1 aliphatic heterocycles. The quantitative estimate of drug-likeness (QED) is 0.839. The smallest absolute Gasteiger partial charge is 0.328 e. The van der Waals surface area contributed by atoms with E-state index in [1.165, 1.54) is 30.3 Å². The van der Waals surface area contributed by atoms with Crippen LogP contribution in [0.1, 0.15) is 37.1 Å². The molecule has 1 N–H and O–H groups in total. The molecule has 19 heavy (non-hydrogen) atoms. The van der Waals surface area contributed by atoms with E-state index in [0.717, 1.165) is 12.1 Å². The molecule has 0 aliphatic carbocycles. The molecule has 3 nitrogen and oxygen atoms in total. The molecule has 2 heterocycles. The molecule has 1 aliphatic rings. The first kappa shape index (κ1) is 14.3. The third-order valence-electron chi connectivity index (χ3n) is 3.64. The molecule has 0 spiro atoms. The Hall–Kier alpha value is -1.13. The first-order chi connectivity index (χ1) is 9.06. The summed E-state index contributed by atoms with van der Waals surface area (Å²) in [5.41, 5.74) is 0.989. The zero-order valence-electron chi connectivity index (χ0n) is 11.5. The fraction of sp³-hybridized carbons (Fsp3) is 0.533. The van der Waals surface area contributed by atoms with Gasteiger partial charge in [-0.1, -0.05) is 13.8 Å². The van der Waals surface area contributed by atoms with Crippen LogP contribution in [0.15, 0.2) is 17.5 Å². The Balaban J connectivity index is 1.98. The van der Waals surface area contributed by atoms with E-state index in [0.29, 0.717) is 12.0 Å². The highest BCUT2D eigenvalue weighted by Crippen LogP contribution is 2.27. The second-order valence-corrected chi connectivity index (χ2v) is 6.44. The Bertz CT molecular complexity index is 464. The molecule has 1 fully saturated rings. The lowest BCUT2D eigenvalue weighted by Gasteiger charge is -2.26. The van der Waals surface area contributed by atoms with Crippen molar-refractivity contribution < 1.29 is 9.90 Å². The molecule has 104 valence electrons. The number of thiophene rings is 1. The van der Waals surface area contributed by atoms with Gasteiger partial charge in [0.2, 0.25) is 0 Å². The van der Waals surface area contributed by atoms with Crippen molar-refractivity contribution in [3.8, 4) is 0 Å². The Morgan fingerprint density at radius 3 is 3.11 bits per heavy atom. The van der Waals surface area contributed by atoms with Crippen molar-refractivity contribution in [1.29, 1.82) is 0 Å². The average Bonchev–Trinajstić information content (AvgIpc) is 2.96. The molecule has 1 saturated heterocycles. The van der Waals surface area contributed by atoms with E-state index in [1.807, 2.05) is 5.38 Å². The standard InChI is InChI=1S/C15H21NO2S/c1-11(2)14-4-3-7-16(14)9-13-8-12(10-19-13)5-6-15(17)18/h5-6,8,10-11,14H,3-4,7,9H2,1-2H3,(H,17,18). The van der Waals surface area contributed by atoms with Crippen molar-refractivity contribution >= 4 is 23.4 Å². The molecule has 1 aromatic rings. The van der Waals surface area contributed by atoms with Gasteiger partial charge in [-0.2, -0.15) is 0 Å². The SMILES string of the molecule is CC(C)C1CCCN1Cc1cc(C=CC(=O)O)cs1. The maximum absolute atomic E-state index is 10.5. The molecule has 4 heteroatoms. The predicted octanol–water partition coefficient (Wildman–Crippen LogP) is 3.47. The molecule has 1 aromatic heterocycles. The predicted molar refractivity (Wildman–Crippen MR) is 79.3 cm³/mol. The molecule has 0 aromatic carbocycles. The van der Waals surface area contributed by atoms with Crippen LogP contribution in [0.5, 0.6) is 0 Å². The van der Waals surface area contributed by atoms with Crippen molar-refractivity contribution in [2.45, 2.75) is 39.3 Å². The van der Waals surface area contributed by atoms with E-state index in [-0.39, 0.29) is 0 Å². The van der Waals surface area contributed by atoms with Crippen LogP contribution in [-0.2, 0) is 11.3 Å². The van der Waals surface area contributed by atoms with Gasteiger partial charge in [-0.25, -0.2) is 4.79 Å². The summed E-state index contributed by atoms with van der Waals surface area (Å²) in [6, 6.07) is 2.79. The fourth-order valence-electron chi connectivity index (χ4n) is 2.74. The summed E-state index contributed by atoms with van der Waals surface area (Å²) < 4.78 is 0. The summed E-state index contributed by atoms with van der Waals surface area (Å²) in [6.45, 7) is 6.76. The third kappa shape index (κ3) is 3.91. The van der Waals surface area contributed by atoms with Gasteiger partial charge in [-0.15, -0.1) is 11.3 Å². The Labute approximate surface area is 118 Å². The fourth-order valence-corrected chi connectivity index (χ4v) is 3.62. The van der Waals surface area contributed by atoms with Crippen LogP contribution in [0, 0.1) is 5.92 Å². The number of hydrogen-bond donors (Lipinski definition) is 1. The van der Waals surface area contributed by atoms with Gasteiger partial charge in [-0.05, 0) is 48.4 Å². The number of carboxylic acids is 1. The van der Waals surface area contributed by atoms with Crippen molar-refractivity contribution in [2.24, 2.45) is 5.92 Å². The molecule has 0 saturated carbocycles. The highest BCUT2D eigenvalue weighted by molar-refractivity contribution is 7.10. The van der Waals surface area contributed by atoms with Gasteiger partial charge in [0.1, 0.15) is 0 Å². The number of carbonyl (C=O) groups is 1. The number of carboxylic acid groups (broad SMARTS) is 1. The first-order valence-corrected chi connectivity index (χ1v) is 7.66. The van der Waals surface area contributed by atoms with Crippen LogP contribution in [0.2, 0.25) is 0 Å². The van der Waals surface area contributed by atoms with Gasteiger partial charge in [-0.3, -0.25) is 4.90 Å². The van der Waals surface area contributed by atoms with Crippen molar-refractivity contribution in [3.05, 3.63) is 28.0 Å². The largest absolute Gasteiger partial charge is 0.478 e. The number of hydrogen-bond acceptors (Lipinski definition) is 3. The number of rotatable bonds is 5. The second kappa shape index (κ2) is 6.35. The van der Waals surface area contributed by atoms with E-state index in [1.54, 1.807) is 17.4 Å². The van der Waals surface area contributed by atoms with Crippen molar-refractivity contribution in [3.63, 3.8) is 0 Å². The molecule has 1 unspecified atom stereocenters. The lowest BCUT2D eigenvalue weighted by molar-refractivity contribution is -0.131. The molecular formula is C15H21NO2S. The van der Waals surface area contributed by atoms with Gasteiger partial charge < -0.3 is 5.11 Å². The monoisotopic (exact) mass is 279 g/mol. The topological polar surface area (TPSA) is 40.5 Å². The maximum atomic E-state index is 10.5. The van der Waals surface area contributed by atoms with Crippen molar-refractivity contribution in [2.75, 3.05) is 6.54 Å². The summed E-state index contributed by atoms with van der Waals surface area (Å²) in [6.07, 6.45) is 5.44. The van der Waals surface area contributed by atoms with Gasteiger partial charge in [0.15, 0.2) is 0 Å².